The molecule has 1 spiro atoms. The van der Waals surface area contributed by atoms with E-state index in [1.807, 2.05) is 11.8 Å². The Bertz CT molecular complexity index is 794. The van der Waals surface area contributed by atoms with Crippen LogP contribution in [-0.2, 0) is 19.1 Å². The Kier molecular flexibility index (Phi) is 3.54. The minimum atomic E-state index is -0.952. The average Bonchev–Trinajstić information content (AvgIpc) is 3.04. The summed E-state index contributed by atoms with van der Waals surface area (Å²) in [6.07, 6.45) is -0.911. The summed E-state index contributed by atoms with van der Waals surface area (Å²) in [4.78, 5) is 39.3. The number of primary amides is 1. The second-order valence-corrected chi connectivity index (χ2v) is 9.03. The van der Waals surface area contributed by atoms with Gasteiger partial charge in [0.1, 0.15) is 11.5 Å². The van der Waals surface area contributed by atoms with Gasteiger partial charge in [0.15, 0.2) is 17.3 Å². The van der Waals surface area contributed by atoms with Crippen LogP contribution in [0.1, 0.15) is 6.92 Å². The number of hydrogen-bond donors (Lipinski definition) is 3. The van der Waals surface area contributed by atoms with Gasteiger partial charge in [-0.05, 0) is 0 Å². The van der Waals surface area contributed by atoms with Crippen molar-refractivity contribution >= 4 is 29.4 Å². The lowest BCUT2D eigenvalue weighted by Gasteiger charge is -2.40. The van der Waals surface area contributed by atoms with Crippen LogP contribution in [0.15, 0.2) is 11.3 Å². The smallest absolute Gasteiger partial charge is 0.404 e. The summed E-state index contributed by atoms with van der Waals surface area (Å²) in [7, 11) is 1.57. The lowest BCUT2D eigenvalue weighted by Crippen LogP contribution is -2.57. The third-order valence-corrected chi connectivity index (χ3v) is 8.21. The quantitative estimate of drug-likeness (QED) is 0.504. The molecule has 5 rings (SSSR count). The fourth-order valence-electron chi connectivity index (χ4n) is 5.43. The molecule has 5 aliphatic rings. The van der Waals surface area contributed by atoms with Gasteiger partial charge in [-0.2, -0.15) is 0 Å². The zero-order valence-electron chi connectivity index (χ0n) is 15.1. The summed E-state index contributed by atoms with van der Waals surface area (Å²) >= 11 is 1.48. The number of nitrogens with two attached hydrogens (primary N) is 1. The van der Waals surface area contributed by atoms with Crippen molar-refractivity contribution in [3.05, 3.63) is 11.3 Å². The molecule has 1 amide bonds. The van der Waals surface area contributed by atoms with Gasteiger partial charge in [0.2, 0.25) is 0 Å². The zero-order valence-corrected chi connectivity index (χ0v) is 15.9. The molecule has 9 nitrogen and oxygen atoms in total. The Morgan fingerprint density at radius 3 is 2.85 bits per heavy atom. The number of ketones is 2. The van der Waals surface area contributed by atoms with Gasteiger partial charge in [-0.3, -0.25) is 14.9 Å². The van der Waals surface area contributed by atoms with E-state index in [9.17, 15) is 14.4 Å². The number of carbonyl (C=O) groups is 3. The minimum absolute atomic E-state index is 0.0226. The number of amides is 1. The van der Waals surface area contributed by atoms with Crippen LogP contribution in [-0.4, -0.2) is 77.8 Å². The van der Waals surface area contributed by atoms with Crippen LogP contribution >= 0.6 is 11.8 Å². The van der Waals surface area contributed by atoms with Crippen molar-refractivity contribution in [3.8, 4) is 0 Å². The first-order valence-corrected chi connectivity index (χ1v) is 10.1. The minimum Gasteiger partial charge on any atom is -0.449 e. The van der Waals surface area contributed by atoms with Crippen LogP contribution in [0.25, 0.3) is 0 Å². The van der Waals surface area contributed by atoms with Gasteiger partial charge in [-0.15, -0.1) is 11.8 Å². The van der Waals surface area contributed by atoms with Crippen molar-refractivity contribution in [2.75, 3.05) is 32.6 Å². The number of thioether (sulfide) groups is 1. The molecule has 4 aliphatic heterocycles. The Morgan fingerprint density at radius 2 is 2.22 bits per heavy atom. The predicted molar refractivity (Wildman–Crippen MR) is 95.6 cm³/mol. The van der Waals surface area contributed by atoms with E-state index in [-0.39, 0.29) is 30.3 Å². The largest absolute Gasteiger partial charge is 0.449 e. The maximum atomic E-state index is 13.7. The molecule has 4 heterocycles. The summed E-state index contributed by atoms with van der Waals surface area (Å²) in [6.45, 7) is 2.97. The van der Waals surface area contributed by atoms with Gasteiger partial charge in [-0.25, -0.2) is 4.79 Å². The Labute approximate surface area is 160 Å². The predicted octanol–water partition coefficient (Wildman–Crippen LogP) is -1.22. The lowest BCUT2D eigenvalue weighted by atomic mass is 9.76. The number of allylic oxidation sites excluding steroid dienone is 1. The third-order valence-electron chi connectivity index (χ3n) is 6.66. The van der Waals surface area contributed by atoms with Gasteiger partial charge in [0.25, 0.3) is 0 Å². The summed E-state index contributed by atoms with van der Waals surface area (Å²) in [5.74, 6) is -0.450. The van der Waals surface area contributed by atoms with E-state index < -0.39 is 28.5 Å². The van der Waals surface area contributed by atoms with Crippen LogP contribution in [0.3, 0.4) is 0 Å². The van der Waals surface area contributed by atoms with Gasteiger partial charge in [-0.1, -0.05) is 6.92 Å². The van der Waals surface area contributed by atoms with Crippen molar-refractivity contribution in [2.24, 2.45) is 17.6 Å². The Morgan fingerprint density at radius 1 is 1.44 bits per heavy atom. The van der Waals surface area contributed by atoms with Crippen molar-refractivity contribution in [1.82, 2.24) is 15.5 Å². The number of fused-ring (bicyclic) bond motifs is 4. The second-order valence-electron chi connectivity index (χ2n) is 7.69. The van der Waals surface area contributed by atoms with Crippen LogP contribution in [0.2, 0.25) is 0 Å². The molecular weight excluding hydrogens is 372 g/mol. The van der Waals surface area contributed by atoms with Crippen LogP contribution in [0, 0.1) is 11.8 Å². The van der Waals surface area contributed by atoms with Crippen molar-refractivity contribution in [2.45, 2.75) is 29.6 Å². The number of nitrogens with zero attached hydrogens (tertiary/aromatic N) is 1. The van der Waals surface area contributed by atoms with Gasteiger partial charge >= 0.3 is 6.09 Å². The molecule has 2 unspecified atom stereocenters. The number of ether oxygens (including phenoxy) is 2. The van der Waals surface area contributed by atoms with Crippen LogP contribution in [0.4, 0.5) is 4.79 Å². The zero-order chi connectivity index (χ0) is 19.1. The maximum absolute atomic E-state index is 13.7. The molecule has 3 fully saturated rings. The van der Waals surface area contributed by atoms with Crippen molar-refractivity contribution < 1.29 is 23.9 Å². The lowest BCUT2D eigenvalue weighted by molar-refractivity contribution is -0.138. The number of Topliss-reactive ketones (excluding diaryl/α,β-unsaturated/α-hetero) is 2. The Balaban J connectivity index is 1.65. The highest BCUT2D eigenvalue weighted by molar-refractivity contribution is 8.01. The van der Waals surface area contributed by atoms with E-state index >= 15 is 0 Å². The fraction of sp³-hybridized carbons (Fsp3) is 0.706. The van der Waals surface area contributed by atoms with Crippen molar-refractivity contribution in [3.63, 3.8) is 0 Å². The van der Waals surface area contributed by atoms with Gasteiger partial charge < -0.3 is 25.4 Å². The normalized spacial score (nSPS) is 44.6. The highest BCUT2D eigenvalue weighted by Gasteiger charge is 2.74. The topological polar surface area (TPSA) is 133 Å². The molecule has 0 aromatic rings. The first kappa shape index (κ1) is 17.5. The number of nitrogens with one attached hydrogen (secondary N) is 2. The molecule has 0 aromatic carbocycles. The molecule has 4 N–H and O–H groups in total. The number of hydrogen-bond acceptors (Lipinski definition) is 9. The molecule has 0 radical (unpaired) electrons. The Hall–Kier alpha value is -1.62. The number of carbonyl (C=O) groups excluding carboxylic acids is 3. The number of methoxy groups -OCH3 is 1. The van der Waals surface area contributed by atoms with Crippen molar-refractivity contribution in [1.29, 1.82) is 0 Å². The highest BCUT2D eigenvalue weighted by atomic mass is 32.2. The molecule has 0 aromatic heterocycles. The van der Waals surface area contributed by atoms with E-state index in [1.54, 1.807) is 7.11 Å². The van der Waals surface area contributed by atoms with E-state index in [4.69, 9.17) is 15.2 Å². The fourth-order valence-corrected chi connectivity index (χ4v) is 6.75. The molecular formula is C17H22N4O5S. The SMILES string of the molecule is CO[C@@]12[C@H](COC(N)=O)C3=C(C(=O)C(C)C4(NCCS4)C3=O)N1C[C@@H]1N[C@@H]12. The summed E-state index contributed by atoms with van der Waals surface area (Å²) in [5, 5.41) is 6.62. The summed E-state index contributed by atoms with van der Waals surface area (Å²) < 4.78 is 11.1. The maximum Gasteiger partial charge on any atom is 0.404 e. The molecule has 27 heavy (non-hydrogen) atoms. The summed E-state index contributed by atoms with van der Waals surface area (Å²) in [5.41, 5.74) is 5.12. The third kappa shape index (κ3) is 1.94. The van der Waals surface area contributed by atoms with E-state index in [0.29, 0.717) is 24.4 Å². The number of rotatable bonds is 3. The molecule has 3 saturated heterocycles. The monoisotopic (exact) mass is 394 g/mol. The highest BCUT2D eigenvalue weighted by Crippen LogP contribution is 2.58. The first-order chi connectivity index (χ1) is 12.9. The van der Waals surface area contributed by atoms with Crippen LogP contribution in [0.5, 0.6) is 0 Å². The van der Waals surface area contributed by atoms with E-state index in [1.165, 1.54) is 11.8 Å². The first-order valence-electron chi connectivity index (χ1n) is 9.11. The summed E-state index contributed by atoms with van der Waals surface area (Å²) in [6, 6.07) is 0.175. The average molecular weight is 394 g/mol. The number of piperazine rings is 1. The van der Waals surface area contributed by atoms with E-state index in [0.717, 1.165) is 5.75 Å². The van der Waals surface area contributed by atoms with E-state index in [2.05, 4.69) is 10.6 Å². The molecule has 1 aliphatic carbocycles. The van der Waals surface area contributed by atoms with Crippen LogP contribution < -0.4 is 16.4 Å². The second kappa shape index (κ2) is 5.47. The molecule has 10 heteroatoms. The van der Waals surface area contributed by atoms with Gasteiger partial charge in [0.05, 0.1) is 23.6 Å². The standard InChI is InChI=1S/C17H22N4O5S/c1-7-12(22)11-10(14(23)16(7)19-3-4-27-16)8(6-26-15(18)24)17(25-2)13-9(20-13)5-21(11)17/h7-9,13,19-20H,3-6H2,1-2H3,(H2,18,24)/t7?,8-,9+,13+,16?,17-/m1/s1. The molecule has 6 atom stereocenters. The molecule has 146 valence electrons. The molecule has 0 saturated carbocycles. The molecule has 0 bridgehead atoms. The van der Waals surface area contributed by atoms with Gasteiger partial charge in [0, 0.05) is 37.6 Å².